The molecule has 17 heavy (non-hydrogen) atoms. The van der Waals surface area contributed by atoms with Crippen molar-refractivity contribution in [3.05, 3.63) is 28.8 Å². The zero-order chi connectivity index (χ0) is 12.1. The van der Waals surface area contributed by atoms with Crippen molar-refractivity contribution in [2.75, 3.05) is 18.0 Å². The number of rotatable bonds is 4. The van der Waals surface area contributed by atoms with Crippen LogP contribution >= 0.6 is 11.6 Å². The fourth-order valence-electron chi connectivity index (χ4n) is 2.41. The lowest BCUT2D eigenvalue weighted by Crippen LogP contribution is -2.30. The van der Waals surface area contributed by atoms with Crippen LogP contribution in [0.5, 0.6) is 0 Å². The Balaban J connectivity index is 2.20. The molecule has 1 aliphatic heterocycles. The van der Waals surface area contributed by atoms with E-state index >= 15 is 0 Å². The molecule has 0 amide bonds. The Bertz CT molecular complexity index is 386. The summed E-state index contributed by atoms with van der Waals surface area (Å²) in [5.41, 5.74) is 2.46. The summed E-state index contributed by atoms with van der Waals surface area (Å²) in [6.45, 7) is 2.24. The van der Waals surface area contributed by atoms with E-state index in [0.29, 0.717) is 6.42 Å². The van der Waals surface area contributed by atoms with Gasteiger partial charge in [0.1, 0.15) is 6.29 Å². The minimum atomic E-state index is 0.571. The van der Waals surface area contributed by atoms with Crippen molar-refractivity contribution in [2.45, 2.75) is 32.1 Å². The molecule has 1 fully saturated rings. The van der Waals surface area contributed by atoms with Crippen LogP contribution in [0.4, 0.5) is 5.69 Å². The van der Waals surface area contributed by atoms with E-state index in [9.17, 15) is 4.79 Å². The zero-order valence-corrected chi connectivity index (χ0v) is 10.7. The van der Waals surface area contributed by atoms with Crippen LogP contribution in [0, 0.1) is 0 Å². The second-order valence-corrected chi connectivity index (χ2v) is 4.96. The summed E-state index contributed by atoms with van der Waals surface area (Å²) in [7, 11) is 0. The molecule has 0 saturated carbocycles. The van der Waals surface area contributed by atoms with Gasteiger partial charge in [-0.15, -0.1) is 0 Å². The van der Waals surface area contributed by atoms with Gasteiger partial charge in [0, 0.05) is 30.2 Å². The number of carbonyl (C=O) groups is 1. The minimum Gasteiger partial charge on any atom is -0.371 e. The van der Waals surface area contributed by atoms with E-state index in [4.69, 9.17) is 11.6 Å². The molecule has 1 aromatic carbocycles. The van der Waals surface area contributed by atoms with Crippen molar-refractivity contribution >= 4 is 23.6 Å². The average Bonchev–Trinajstić information content (AvgIpc) is 2.37. The van der Waals surface area contributed by atoms with Crippen molar-refractivity contribution in [3.8, 4) is 0 Å². The van der Waals surface area contributed by atoms with Crippen molar-refractivity contribution in [3.63, 3.8) is 0 Å². The first-order chi connectivity index (χ1) is 8.31. The van der Waals surface area contributed by atoms with Gasteiger partial charge in [0.05, 0.1) is 0 Å². The number of nitrogens with zero attached hydrogens (tertiary/aromatic N) is 1. The van der Waals surface area contributed by atoms with Crippen molar-refractivity contribution in [2.24, 2.45) is 0 Å². The molecule has 1 aromatic rings. The fourth-order valence-corrected chi connectivity index (χ4v) is 2.61. The predicted molar refractivity (Wildman–Crippen MR) is 71.9 cm³/mol. The molecule has 1 aliphatic rings. The summed E-state index contributed by atoms with van der Waals surface area (Å²) in [6.07, 6.45) is 6.18. The van der Waals surface area contributed by atoms with Crippen molar-refractivity contribution in [1.29, 1.82) is 0 Å². The number of aryl methyl sites for hydroxylation is 1. The number of hydrogen-bond acceptors (Lipinski definition) is 2. The lowest BCUT2D eigenvalue weighted by molar-refractivity contribution is -0.107. The molecule has 0 aromatic heterocycles. The zero-order valence-electron chi connectivity index (χ0n) is 9.99. The summed E-state index contributed by atoms with van der Waals surface area (Å²) in [5, 5.41) is 0.756. The van der Waals surface area contributed by atoms with Gasteiger partial charge in [-0.1, -0.05) is 11.6 Å². The first-order valence-corrected chi connectivity index (χ1v) is 6.66. The van der Waals surface area contributed by atoms with E-state index in [1.807, 2.05) is 12.1 Å². The van der Waals surface area contributed by atoms with E-state index in [2.05, 4.69) is 11.0 Å². The molecule has 0 spiro atoms. The first-order valence-electron chi connectivity index (χ1n) is 6.28. The van der Waals surface area contributed by atoms with Crippen LogP contribution in [0.15, 0.2) is 18.2 Å². The third kappa shape index (κ3) is 3.22. The number of benzene rings is 1. The van der Waals surface area contributed by atoms with Gasteiger partial charge in [0.2, 0.25) is 0 Å². The number of carbonyl (C=O) groups excluding carboxylic acids is 1. The van der Waals surface area contributed by atoms with Crippen LogP contribution in [0.3, 0.4) is 0 Å². The Morgan fingerprint density at radius 3 is 2.71 bits per heavy atom. The lowest BCUT2D eigenvalue weighted by atomic mass is 10.0. The molecule has 92 valence electrons. The average molecular weight is 252 g/mol. The second kappa shape index (κ2) is 6.06. The normalized spacial score (nSPS) is 15.9. The molecule has 2 rings (SSSR count). The van der Waals surface area contributed by atoms with E-state index in [0.717, 1.165) is 30.8 Å². The number of piperidine rings is 1. The molecular formula is C14H18ClNO. The van der Waals surface area contributed by atoms with Crippen LogP contribution in [0.1, 0.15) is 31.2 Å². The summed E-state index contributed by atoms with van der Waals surface area (Å²) in [4.78, 5) is 12.9. The standard InChI is InChI=1S/C14H18ClNO/c15-13-6-7-14(12(11-13)5-4-10-17)16-8-2-1-3-9-16/h6-7,10-11H,1-5,8-9H2. The Labute approximate surface area is 108 Å². The molecule has 2 nitrogen and oxygen atoms in total. The van der Waals surface area contributed by atoms with Gasteiger partial charge in [-0.25, -0.2) is 0 Å². The van der Waals surface area contributed by atoms with Crippen LogP contribution < -0.4 is 4.90 Å². The predicted octanol–water partition coefficient (Wildman–Crippen LogP) is 3.46. The first kappa shape index (κ1) is 12.4. The molecule has 0 N–H and O–H groups in total. The van der Waals surface area contributed by atoms with Gasteiger partial charge in [-0.2, -0.15) is 0 Å². The largest absolute Gasteiger partial charge is 0.371 e. The maximum atomic E-state index is 10.5. The van der Waals surface area contributed by atoms with E-state index in [-0.39, 0.29) is 0 Å². The molecule has 3 heteroatoms. The van der Waals surface area contributed by atoms with Crippen LogP contribution in [-0.4, -0.2) is 19.4 Å². The lowest BCUT2D eigenvalue weighted by Gasteiger charge is -2.30. The number of halogens is 1. The molecular weight excluding hydrogens is 234 g/mol. The van der Waals surface area contributed by atoms with Gasteiger partial charge in [0.15, 0.2) is 0 Å². The second-order valence-electron chi connectivity index (χ2n) is 4.53. The van der Waals surface area contributed by atoms with Crippen molar-refractivity contribution < 1.29 is 4.79 Å². The summed E-state index contributed by atoms with van der Waals surface area (Å²) >= 11 is 6.03. The van der Waals surface area contributed by atoms with Gasteiger partial charge in [0.25, 0.3) is 0 Å². The quantitative estimate of drug-likeness (QED) is 0.764. The Morgan fingerprint density at radius 1 is 1.24 bits per heavy atom. The third-order valence-electron chi connectivity index (χ3n) is 3.27. The summed E-state index contributed by atoms with van der Waals surface area (Å²) in [5.74, 6) is 0. The Morgan fingerprint density at radius 2 is 2.00 bits per heavy atom. The molecule has 0 bridgehead atoms. The van der Waals surface area contributed by atoms with Gasteiger partial charge in [-0.05, 0) is 49.4 Å². The number of anilines is 1. The van der Waals surface area contributed by atoms with Crippen molar-refractivity contribution in [1.82, 2.24) is 0 Å². The fraction of sp³-hybridized carbons (Fsp3) is 0.500. The number of hydrogen-bond donors (Lipinski definition) is 0. The summed E-state index contributed by atoms with van der Waals surface area (Å²) < 4.78 is 0. The Kier molecular flexibility index (Phi) is 4.43. The van der Waals surface area contributed by atoms with E-state index < -0.39 is 0 Å². The van der Waals surface area contributed by atoms with E-state index in [1.165, 1.54) is 30.5 Å². The highest BCUT2D eigenvalue weighted by atomic mass is 35.5. The monoisotopic (exact) mass is 251 g/mol. The molecule has 1 saturated heterocycles. The molecule has 1 heterocycles. The maximum absolute atomic E-state index is 10.5. The van der Waals surface area contributed by atoms with Gasteiger partial charge in [-0.3, -0.25) is 0 Å². The third-order valence-corrected chi connectivity index (χ3v) is 3.50. The molecule has 0 atom stereocenters. The van der Waals surface area contributed by atoms with Crippen LogP contribution in [0.2, 0.25) is 5.02 Å². The van der Waals surface area contributed by atoms with Crippen LogP contribution in [-0.2, 0) is 11.2 Å². The van der Waals surface area contributed by atoms with Crippen LogP contribution in [0.25, 0.3) is 0 Å². The molecule has 0 unspecified atom stereocenters. The highest BCUT2D eigenvalue weighted by molar-refractivity contribution is 6.30. The number of aldehydes is 1. The molecule has 0 aliphatic carbocycles. The smallest absolute Gasteiger partial charge is 0.120 e. The minimum absolute atomic E-state index is 0.571. The van der Waals surface area contributed by atoms with Gasteiger partial charge < -0.3 is 9.69 Å². The highest BCUT2D eigenvalue weighted by Gasteiger charge is 2.14. The topological polar surface area (TPSA) is 20.3 Å². The summed E-state index contributed by atoms with van der Waals surface area (Å²) in [6, 6.07) is 6.03. The highest BCUT2D eigenvalue weighted by Crippen LogP contribution is 2.27. The van der Waals surface area contributed by atoms with E-state index in [1.54, 1.807) is 0 Å². The molecule has 0 radical (unpaired) electrons. The SMILES string of the molecule is O=CCCc1cc(Cl)ccc1N1CCCCC1. The maximum Gasteiger partial charge on any atom is 0.120 e. The Hall–Kier alpha value is -1.02. The van der Waals surface area contributed by atoms with Gasteiger partial charge >= 0.3 is 0 Å².